The molecule has 0 aliphatic rings. The van der Waals surface area contributed by atoms with Crippen LogP contribution in [0.1, 0.15) is 29.3 Å². The summed E-state index contributed by atoms with van der Waals surface area (Å²) in [4.78, 5) is 23.1. The number of nitrogens with two attached hydrogens (primary N) is 2. The number of carbonyl (C=O) groups is 2. The van der Waals surface area contributed by atoms with Crippen LogP contribution in [-0.4, -0.2) is 18.4 Å². The summed E-state index contributed by atoms with van der Waals surface area (Å²) < 4.78 is 0. The Bertz CT molecular complexity index is 454. The van der Waals surface area contributed by atoms with Gasteiger partial charge in [0.05, 0.1) is 5.92 Å². The Balaban J connectivity index is 2.95. The van der Waals surface area contributed by atoms with E-state index in [9.17, 15) is 9.59 Å². The number of hydrogen-bond donors (Lipinski definition) is 3. The van der Waals surface area contributed by atoms with Gasteiger partial charge in [-0.1, -0.05) is 13.0 Å². The van der Waals surface area contributed by atoms with Crippen LogP contribution in [0.25, 0.3) is 0 Å². The van der Waals surface area contributed by atoms with Crippen LogP contribution < -0.4 is 16.8 Å². The number of benzene rings is 1. The number of amides is 2. The first kappa shape index (κ1) is 14.2. The average molecular weight is 249 g/mol. The van der Waals surface area contributed by atoms with Crippen molar-refractivity contribution in [3.63, 3.8) is 0 Å². The van der Waals surface area contributed by atoms with E-state index < -0.39 is 5.91 Å². The van der Waals surface area contributed by atoms with Gasteiger partial charge in [0.25, 0.3) is 0 Å². The standard InChI is InChI=1S/C13H19N3O2/c1-3-9(7-14)13(18)16-11-6-4-5-10(8(11)2)12(15)17/h4-6,9H,3,7,14H2,1-2H3,(H2,15,17)(H,16,18). The molecule has 0 aliphatic heterocycles. The van der Waals surface area contributed by atoms with Crippen LogP contribution >= 0.6 is 0 Å². The largest absolute Gasteiger partial charge is 0.366 e. The highest BCUT2D eigenvalue weighted by Crippen LogP contribution is 2.19. The minimum Gasteiger partial charge on any atom is -0.366 e. The topological polar surface area (TPSA) is 98.2 Å². The second-order valence-electron chi connectivity index (χ2n) is 4.17. The van der Waals surface area contributed by atoms with Gasteiger partial charge in [0.1, 0.15) is 0 Å². The van der Waals surface area contributed by atoms with Gasteiger partial charge in [-0.15, -0.1) is 0 Å². The van der Waals surface area contributed by atoms with E-state index in [0.717, 1.165) is 0 Å². The van der Waals surface area contributed by atoms with E-state index >= 15 is 0 Å². The third kappa shape index (κ3) is 3.07. The summed E-state index contributed by atoms with van der Waals surface area (Å²) in [6.07, 6.45) is 0.677. The van der Waals surface area contributed by atoms with Crippen LogP contribution in [0.5, 0.6) is 0 Å². The molecule has 5 nitrogen and oxygen atoms in total. The molecule has 0 bridgehead atoms. The van der Waals surface area contributed by atoms with E-state index in [0.29, 0.717) is 29.8 Å². The Morgan fingerprint density at radius 1 is 1.39 bits per heavy atom. The fourth-order valence-corrected chi connectivity index (χ4v) is 1.73. The molecule has 5 heteroatoms. The molecule has 0 spiro atoms. The molecule has 1 unspecified atom stereocenters. The normalized spacial score (nSPS) is 11.9. The number of primary amides is 1. The van der Waals surface area contributed by atoms with Crippen LogP contribution in [0.3, 0.4) is 0 Å². The van der Waals surface area contributed by atoms with Crippen molar-refractivity contribution in [2.45, 2.75) is 20.3 Å². The zero-order valence-electron chi connectivity index (χ0n) is 10.7. The molecule has 0 fully saturated rings. The minimum absolute atomic E-state index is 0.135. The molecule has 0 aromatic heterocycles. The van der Waals surface area contributed by atoms with Gasteiger partial charge in [0.15, 0.2) is 0 Å². The van der Waals surface area contributed by atoms with Crippen molar-refractivity contribution < 1.29 is 9.59 Å². The fraction of sp³-hybridized carbons (Fsp3) is 0.385. The number of anilines is 1. The number of carbonyl (C=O) groups excluding carboxylic acids is 2. The SMILES string of the molecule is CCC(CN)C(=O)Nc1cccc(C(N)=O)c1C. The average Bonchev–Trinajstić information content (AvgIpc) is 2.33. The van der Waals surface area contributed by atoms with Crippen LogP contribution in [0.4, 0.5) is 5.69 Å². The zero-order valence-corrected chi connectivity index (χ0v) is 10.7. The lowest BCUT2D eigenvalue weighted by atomic mass is 10.0. The van der Waals surface area contributed by atoms with Crippen LogP contribution in [-0.2, 0) is 4.79 Å². The van der Waals surface area contributed by atoms with Crippen molar-refractivity contribution in [3.8, 4) is 0 Å². The smallest absolute Gasteiger partial charge is 0.249 e. The van der Waals surface area contributed by atoms with E-state index in [-0.39, 0.29) is 11.8 Å². The van der Waals surface area contributed by atoms with Crippen molar-refractivity contribution in [2.24, 2.45) is 17.4 Å². The molecular formula is C13H19N3O2. The van der Waals surface area contributed by atoms with Crippen LogP contribution in [0.15, 0.2) is 18.2 Å². The maximum absolute atomic E-state index is 11.9. The summed E-state index contributed by atoms with van der Waals surface area (Å²) >= 11 is 0. The van der Waals surface area contributed by atoms with Gasteiger partial charge in [0, 0.05) is 17.8 Å². The van der Waals surface area contributed by atoms with E-state index in [1.54, 1.807) is 25.1 Å². The molecule has 1 atom stereocenters. The maximum atomic E-state index is 11.9. The molecule has 0 heterocycles. The Hall–Kier alpha value is -1.88. The van der Waals surface area contributed by atoms with E-state index in [1.807, 2.05) is 6.92 Å². The quantitative estimate of drug-likeness (QED) is 0.726. The number of nitrogens with one attached hydrogen (secondary N) is 1. The fourth-order valence-electron chi connectivity index (χ4n) is 1.73. The summed E-state index contributed by atoms with van der Waals surface area (Å²) in [5.74, 6) is -0.860. The number of hydrogen-bond acceptors (Lipinski definition) is 3. The van der Waals surface area contributed by atoms with Crippen molar-refractivity contribution in [2.75, 3.05) is 11.9 Å². The molecule has 2 amide bonds. The summed E-state index contributed by atoms with van der Waals surface area (Å²) in [6.45, 7) is 3.96. The Labute approximate surface area is 107 Å². The minimum atomic E-state index is -0.505. The third-order valence-electron chi connectivity index (χ3n) is 3.01. The van der Waals surface area contributed by atoms with Gasteiger partial charge in [0.2, 0.25) is 11.8 Å². The van der Waals surface area contributed by atoms with Crippen LogP contribution in [0, 0.1) is 12.8 Å². The predicted octanol–water partition coefficient (Wildman–Crippen LogP) is 1.02. The molecule has 5 N–H and O–H groups in total. The summed E-state index contributed by atoms with van der Waals surface area (Å²) in [7, 11) is 0. The Kier molecular flexibility index (Phi) is 4.85. The first-order valence-corrected chi connectivity index (χ1v) is 5.91. The lowest BCUT2D eigenvalue weighted by Gasteiger charge is -2.15. The second kappa shape index (κ2) is 6.16. The highest BCUT2D eigenvalue weighted by Gasteiger charge is 2.16. The molecule has 0 saturated heterocycles. The van der Waals surface area contributed by atoms with Gasteiger partial charge in [-0.3, -0.25) is 9.59 Å². The van der Waals surface area contributed by atoms with Crippen LogP contribution in [0.2, 0.25) is 0 Å². The molecule has 0 saturated carbocycles. The number of rotatable bonds is 5. The van der Waals surface area contributed by atoms with E-state index in [2.05, 4.69) is 5.32 Å². The first-order chi connectivity index (χ1) is 8.51. The van der Waals surface area contributed by atoms with Gasteiger partial charge in [-0.25, -0.2) is 0 Å². The summed E-state index contributed by atoms with van der Waals surface area (Å²) in [5, 5.41) is 2.78. The van der Waals surface area contributed by atoms with Gasteiger partial charge in [-0.2, -0.15) is 0 Å². The van der Waals surface area contributed by atoms with Crippen molar-refractivity contribution >= 4 is 17.5 Å². The Morgan fingerprint density at radius 2 is 2.06 bits per heavy atom. The summed E-state index contributed by atoms with van der Waals surface area (Å²) in [6, 6.07) is 5.06. The molecule has 1 rings (SSSR count). The Morgan fingerprint density at radius 3 is 2.56 bits per heavy atom. The van der Waals surface area contributed by atoms with Gasteiger partial charge < -0.3 is 16.8 Å². The maximum Gasteiger partial charge on any atom is 0.249 e. The van der Waals surface area contributed by atoms with Crippen molar-refractivity contribution in [1.29, 1.82) is 0 Å². The molecule has 1 aromatic carbocycles. The molecule has 98 valence electrons. The van der Waals surface area contributed by atoms with Gasteiger partial charge >= 0.3 is 0 Å². The van der Waals surface area contributed by atoms with Gasteiger partial charge in [-0.05, 0) is 31.0 Å². The first-order valence-electron chi connectivity index (χ1n) is 5.91. The molecule has 1 aromatic rings. The summed E-state index contributed by atoms with van der Waals surface area (Å²) in [5.41, 5.74) is 12.5. The monoisotopic (exact) mass is 249 g/mol. The molecule has 18 heavy (non-hydrogen) atoms. The van der Waals surface area contributed by atoms with E-state index in [1.165, 1.54) is 0 Å². The van der Waals surface area contributed by atoms with E-state index in [4.69, 9.17) is 11.5 Å². The highest BCUT2D eigenvalue weighted by molar-refractivity contribution is 5.99. The third-order valence-corrected chi connectivity index (χ3v) is 3.01. The molecule has 0 radical (unpaired) electrons. The lowest BCUT2D eigenvalue weighted by Crippen LogP contribution is -2.29. The predicted molar refractivity (Wildman–Crippen MR) is 71.2 cm³/mol. The zero-order chi connectivity index (χ0) is 13.7. The van der Waals surface area contributed by atoms with Crippen molar-refractivity contribution in [1.82, 2.24) is 0 Å². The second-order valence-corrected chi connectivity index (χ2v) is 4.17. The molecule has 0 aliphatic carbocycles. The van der Waals surface area contributed by atoms with Crippen molar-refractivity contribution in [3.05, 3.63) is 29.3 Å². The molecular weight excluding hydrogens is 230 g/mol. The highest BCUT2D eigenvalue weighted by atomic mass is 16.2. The lowest BCUT2D eigenvalue weighted by molar-refractivity contribution is -0.119.